The van der Waals surface area contributed by atoms with Gasteiger partial charge in [0.05, 0.1) is 11.3 Å². The number of carbonyl (C=O) groups is 1. The van der Waals surface area contributed by atoms with Gasteiger partial charge in [-0.1, -0.05) is 13.8 Å². The Morgan fingerprint density at radius 2 is 2.14 bits per heavy atom. The average Bonchev–Trinajstić information content (AvgIpc) is 2.62. The number of amides is 1. The highest BCUT2D eigenvalue weighted by Gasteiger charge is 2.27. The second-order valence-corrected chi connectivity index (χ2v) is 6.92. The number of nitrogens with zero attached hydrogens (tertiary/aromatic N) is 2. The fourth-order valence-electron chi connectivity index (χ4n) is 2.97. The van der Waals surface area contributed by atoms with Crippen molar-refractivity contribution in [3.8, 4) is 6.07 Å². The van der Waals surface area contributed by atoms with E-state index in [0.717, 1.165) is 30.9 Å². The fourth-order valence-corrected chi connectivity index (χ4v) is 4.04. The monoisotopic (exact) mass is 306 g/mol. The van der Waals surface area contributed by atoms with Crippen molar-refractivity contribution in [1.82, 2.24) is 0 Å². The van der Waals surface area contributed by atoms with E-state index >= 15 is 0 Å². The molecule has 1 saturated heterocycles. The van der Waals surface area contributed by atoms with E-state index in [4.69, 9.17) is 16.7 Å². The molecule has 21 heavy (non-hydrogen) atoms. The van der Waals surface area contributed by atoms with Crippen LogP contribution in [0.1, 0.15) is 48.3 Å². The van der Waals surface area contributed by atoms with Crippen molar-refractivity contribution in [2.45, 2.75) is 33.1 Å². The van der Waals surface area contributed by atoms with Crippen LogP contribution < -0.4 is 16.4 Å². The van der Waals surface area contributed by atoms with Crippen molar-refractivity contribution in [2.75, 3.05) is 23.7 Å². The largest absolute Gasteiger partial charge is 0.396 e. The molecule has 1 aromatic rings. The third-order valence-electron chi connectivity index (χ3n) is 4.28. The number of rotatable bonds is 3. The van der Waals surface area contributed by atoms with E-state index in [-0.39, 0.29) is 5.69 Å². The van der Waals surface area contributed by atoms with Gasteiger partial charge in [-0.25, -0.2) is 0 Å². The van der Waals surface area contributed by atoms with E-state index < -0.39 is 5.91 Å². The first-order valence-corrected chi connectivity index (χ1v) is 8.14. The molecule has 1 aliphatic heterocycles. The SMILES string of the molecule is CC(C)C1CCCN(c2sc(C#N)c(N)c2C(N)=O)CC1. The smallest absolute Gasteiger partial charge is 0.253 e. The summed E-state index contributed by atoms with van der Waals surface area (Å²) < 4.78 is 0. The number of anilines is 2. The molecule has 114 valence electrons. The summed E-state index contributed by atoms with van der Waals surface area (Å²) in [5, 5.41) is 9.88. The van der Waals surface area contributed by atoms with Crippen LogP contribution in [0, 0.1) is 23.2 Å². The van der Waals surface area contributed by atoms with Gasteiger partial charge in [0.2, 0.25) is 0 Å². The number of nitriles is 1. The Kier molecular flexibility index (Phi) is 4.73. The Bertz CT molecular complexity index is 573. The van der Waals surface area contributed by atoms with Crippen LogP contribution in [-0.4, -0.2) is 19.0 Å². The summed E-state index contributed by atoms with van der Waals surface area (Å²) in [6.07, 6.45) is 3.38. The summed E-state index contributed by atoms with van der Waals surface area (Å²) in [6.45, 7) is 6.28. The Balaban J connectivity index is 2.30. The third-order valence-corrected chi connectivity index (χ3v) is 5.45. The van der Waals surface area contributed by atoms with Gasteiger partial charge < -0.3 is 16.4 Å². The van der Waals surface area contributed by atoms with E-state index in [1.54, 1.807) is 0 Å². The zero-order valence-corrected chi connectivity index (χ0v) is 13.4. The summed E-state index contributed by atoms with van der Waals surface area (Å²) in [6, 6.07) is 2.05. The molecular formula is C15H22N4OS. The first-order chi connectivity index (χ1) is 9.95. The Morgan fingerprint density at radius 3 is 2.71 bits per heavy atom. The zero-order chi connectivity index (χ0) is 15.6. The van der Waals surface area contributed by atoms with Crippen molar-refractivity contribution in [2.24, 2.45) is 17.6 Å². The van der Waals surface area contributed by atoms with Crippen LogP contribution in [0.15, 0.2) is 0 Å². The highest BCUT2D eigenvalue weighted by molar-refractivity contribution is 7.17. The fraction of sp³-hybridized carbons (Fsp3) is 0.600. The van der Waals surface area contributed by atoms with E-state index in [0.29, 0.717) is 22.3 Å². The molecule has 0 radical (unpaired) electrons. The molecule has 1 atom stereocenters. The number of hydrogen-bond donors (Lipinski definition) is 2. The van der Waals surface area contributed by atoms with Gasteiger partial charge in [0.15, 0.2) is 0 Å². The second-order valence-electron chi connectivity index (χ2n) is 5.92. The number of nitrogen functional groups attached to an aromatic ring is 1. The van der Waals surface area contributed by atoms with E-state index in [1.165, 1.54) is 17.8 Å². The minimum Gasteiger partial charge on any atom is -0.396 e. The van der Waals surface area contributed by atoms with E-state index in [1.807, 2.05) is 0 Å². The number of thiophene rings is 1. The lowest BCUT2D eigenvalue weighted by atomic mass is 9.89. The molecule has 2 heterocycles. The van der Waals surface area contributed by atoms with E-state index in [9.17, 15) is 4.79 Å². The molecule has 1 aromatic heterocycles. The molecule has 0 aromatic carbocycles. The van der Waals surface area contributed by atoms with Crippen molar-refractivity contribution in [3.63, 3.8) is 0 Å². The standard InChI is InChI=1S/C15H22N4OS/c1-9(2)10-4-3-6-19(7-5-10)15-12(14(18)20)13(17)11(8-16)21-15/h9-10H,3-7,17H2,1-2H3,(H2,18,20). The van der Waals surface area contributed by atoms with Crippen molar-refractivity contribution in [1.29, 1.82) is 5.26 Å². The van der Waals surface area contributed by atoms with Crippen LogP contribution in [0.3, 0.4) is 0 Å². The maximum Gasteiger partial charge on any atom is 0.253 e. The van der Waals surface area contributed by atoms with Gasteiger partial charge in [0.1, 0.15) is 15.9 Å². The third kappa shape index (κ3) is 3.13. The Hall–Kier alpha value is -1.74. The molecule has 1 amide bonds. The summed E-state index contributed by atoms with van der Waals surface area (Å²) in [5.74, 6) is 0.827. The minimum absolute atomic E-state index is 0.231. The Labute approximate surface area is 129 Å². The van der Waals surface area contributed by atoms with Gasteiger partial charge in [0, 0.05) is 13.1 Å². The van der Waals surface area contributed by atoms with Gasteiger partial charge in [-0.3, -0.25) is 4.79 Å². The maximum absolute atomic E-state index is 11.7. The first-order valence-electron chi connectivity index (χ1n) is 7.32. The number of hydrogen-bond acceptors (Lipinski definition) is 5. The Morgan fingerprint density at radius 1 is 1.43 bits per heavy atom. The van der Waals surface area contributed by atoms with Gasteiger partial charge >= 0.3 is 0 Å². The molecule has 1 unspecified atom stereocenters. The lowest BCUT2D eigenvalue weighted by molar-refractivity contribution is 0.100. The van der Waals surface area contributed by atoms with Crippen LogP contribution in [0.5, 0.6) is 0 Å². The van der Waals surface area contributed by atoms with Crippen molar-refractivity contribution in [3.05, 3.63) is 10.4 Å². The molecule has 6 heteroatoms. The highest BCUT2D eigenvalue weighted by Crippen LogP contribution is 2.39. The van der Waals surface area contributed by atoms with Crippen LogP contribution in [-0.2, 0) is 0 Å². The highest BCUT2D eigenvalue weighted by atomic mass is 32.1. The second kappa shape index (κ2) is 6.35. The van der Waals surface area contributed by atoms with Crippen LogP contribution >= 0.6 is 11.3 Å². The lowest BCUT2D eigenvalue weighted by Crippen LogP contribution is -2.26. The van der Waals surface area contributed by atoms with Gasteiger partial charge in [-0.15, -0.1) is 11.3 Å². The summed E-state index contributed by atoms with van der Waals surface area (Å²) in [5.41, 5.74) is 11.9. The molecule has 5 nitrogen and oxygen atoms in total. The molecule has 4 N–H and O–H groups in total. The summed E-state index contributed by atoms with van der Waals surface area (Å²) in [4.78, 5) is 14.2. The minimum atomic E-state index is -0.551. The topological polar surface area (TPSA) is 96.1 Å². The van der Waals surface area contributed by atoms with Gasteiger partial charge in [0.25, 0.3) is 5.91 Å². The number of primary amides is 1. The zero-order valence-electron chi connectivity index (χ0n) is 12.6. The number of nitrogens with two attached hydrogens (primary N) is 2. The first kappa shape index (κ1) is 15.6. The summed E-state index contributed by atoms with van der Waals surface area (Å²) >= 11 is 1.28. The van der Waals surface area contributed by atoms with E-state index in [2.05, 4.69) is 24.8 Å². The molecule has 1 aliphatic rings. The average molecular weight is 306 g/mol. The quantitative estimate of drug-likeness (QED) is 0.897. The molecule has 1 fully saturated rings. The molecule has 0 spiro atoms. The van der Waals surface area contributed by atoms with Crippen LogP contribution in [0.4, 0.5) is 10.7 Å². The summed E-state index contributed by atoms with van der Waals surface area (Å²) in [7, 11) is 0. The number of carbonyl (C=O) groups excluding carboxylic acids is 1. The molecule has 0 bridgehead atoms. The predicted octanol–water partition coefficient (Wildman–Crippen LogP) is 2.56. The van der Waals surface area contributed by atoms with Crippen LogP contribution in [0.25, 0.3) is 0 Å². The maximum atomic E-state index is 11.7. The van der Waals surface area contributed by atoms with Gasteiger partial charge in [-0.05, 0) is 31.1 Å². The molecular weight excluding hydrogens is 284 g/mol. The predicted molar refractivity (Wildman–Crippen MR) is 86.4 cm³/mol. The van der Waals surface area contributed by atoms with Crippen molar-refractivity contribution < 1.29 is 4.79 Å². The normalized spacial score (nSPS) is 19.3. The van der Waals surface area contributed by atoms with Crippen molar-refractivity contribution >= 4 is 27.9 Å². The molecule has 0 saturated carbocycles. The van der Waals surface area contributed by atoms with Gasteiger partial charge in [-0.2, -0.15) is 5.26 Å². The van der Waals surface area contributed by atoms with Crippen LogP contribution in [0.2, 0.25) is 0 Å². The molecule has 0 aliphatic carbocycles. The molecule has 2 rings (SSSR count). The lowest BCUT2D eigenvalue weighted by Gasteiger charge is -2.22.